The first-order chi connectivity index (χ1) is 9.36. The van der Waals surface area contributed by atoms with E-state index in [0.29, 0.717) is 6.37 Å². The van der Waals surface area contributed by atoms with Crippen molar-refractivity contribution in [3.8, 4) is 0 Å². The molecule has 0 aliphatic carbocycles. The number of aromatic nitrogens is 2. The van der Waals surface area contributed by atoms with Gasteiger partial charge in [0.2, 0.25) is 0 Å². The van der Waals surface area contributed by atoms with Crippen LogP contribution in [0, 0.1) is 0 Å². The summed E-state index contributed by atoms with van der Waals surface area (Å²) >= 11 is 2.34. The van der Waals surface area contributed by atoms with Crippen molar-refractivity contribution >= 4 is 52.0 Å². The number of nitrogens with zero attached hydrogens (tertiary/aromatic N) is 2. The molecule has 2 aromatic rings. The molecule has 1 fully saturated rings. The Morgan fingerprint density at radius 1 is 1.15 bits per heavy atom. The number of para-hydroxylation sites is 1. The van der Waals surface area contributed by atoms with Gasteiger partial charge in [-0.2, -0.15) is 5.10 Å². The van der Waals surface area contributed by atoms with Gasteiger partial charge in [0, 0.05) is 5.39 Å². The maximum absolute atomic E-state index is 6.12. The van der Waals surface area contributed by atoms with Gasteiger partial charge in [-0.05, 0) is 55.8 Å². The molecule has 0 N–H and O–H groups in total. The third-order valence-electron chi connectivity index (χ3n) is 4.17. The lowest BCUT2D eigenvalue weighted by atomic mass is 9.82. The summed E-state index contributed by atoms with van der Waals surface area (Å²) < 4.78 is 14.2. The van der Waals surface area contributed by atoms with E-state index in [1.54, 1.807) is 0 Å². The molecule has 1 unspecified atom stereocenters. The van der Waals surface area contributed by atoms with Crippen molar-refractivity contribution in [2.75, 3.05) is 0 Å². The van der Waals surface area contributed by atoms with E-state index < -0.39 is 7.12 Å². The number of benzene rings is 1. The van der Waals surface area contributed by atoms with Gasteiger partial charge in [-0.1, -0.05) is 18.2 Å². The Balaban J connectivity index is 2.08. The van der Waals surface area contributed by atoms with Gasteiger partial charge in [-0.15, -0.1) is 0 Å². The average Bonchev–Trinajstić information content (AvgIpc) is 2.85. The Morgan fingerprint density at radius 2 is 1.75 bits per heavy atom. The summed E-state index contributed by atoms with van der Waals surface area (Å²) in [6, 6.07) is 8.23. The molecule has 7 heteroatoms. The van der Waals surface area contributed by atoms with E-state index in [1.165, 1.54) is 0 Å². The van der Waals surface area contributed by atoms with Crippen LogP contribution < -0.4 is 5.59 Å². The molecule has 20 heavy (non-hydrogen) atoms. The molecule has 1 aliphatic rings. The number of hydrogen-bond acceptors (Lipinski definition) is 3. The second-order valence-electron chi connectivity index (χ2n) is 5.99. The summed E-state index contributed by atoms with van der Waals surface area (Å²) in [4.78, 5) is 0. The molecule has 4 nitrogen and oxygen atoms in total. The number of rotatable bonds is 2. The molecule has 1 saturated heterocycles. The van der Waals surface area contributed by atoms with Crippen molar-refractivity contribution < 1.29 is 9.31 Å². The molecule has 106 valence electrons. The summed E-state index contributed by atoms with van der Waals surface area (Å²) in [5.41, 5.74) is 1.33. The zero-order valence-corrected chi connectivity index (χ0v) is 15.1. The van der Waals surface area contributed by atoms with Gasteiger partial charge in [0.05, 0.1) is 23.1 Å². The molecule has 0 saturated carbocycles. The van der Waals surface area contributed by atoms with Crippen LogP contribution in [0.25, 0.3) is 10.9 Å². The SMILES string of the molecule is CC1(C)OB(c2nn(PI)c3ccccc23)OC1(C)C. The van der Waals surface area contributed by atoms with E-state index in [9.17, 15) is 0 Å². The van der Waals surface area contributed by atoms with E-state index in [4.69, 9.17) is 14.4 Å². The van der Waals surface area contributed by atoms with E-state index in [2.05, 4.69) is 61.9 Å². The van der Waals surface area contributed by atoms with Crippen molar-refractivity contribution in [1.29, 1.82) is 0 Å². The van der Waals surface area contributed by atoms with Gasteiger partial charge in [0.25, 0.3) is 0 Å². The summed E-state index contributed by atoms with van der Waals surface area (Å²) in [6.07, 6.45) is 0.557. The fourth-order valence-corrected chi connectivity index (χ4v) is 3.82. The number of hydrogen-bond donors (Lipinski definition) is 0. The summed E-state index contributed by atoms with van der Waals surface area (Å²) in [5.74, 6) is 0. The first kappa shape index (κ1) is 14.8. The fourth-order valence-electron chi connectivity index (χ4n) is 2.28. The van der Waals surface area contributed by atoms with Crippen molar-refractivity contribution in [2.45, 2.75) is 38.9 Å². The monoisotopic (exact) mass is 402 g/mol. The highest BCUT2D eigenvalue weighted by atomic mass is 127. The highest BCUT2D eigenvalue weighted by Gasteiger charge is 2.53. The minimum absolute atomic E-state index is 0.338. The smallest absolute Gasteiger partial charge is 0.398 e. The quantitative estimate of drug-likeness (QED) is 0.440. The average molecular weight is 402 g/mol. The van der Waals surface area contributed by atoms with Crippen molar-refractivity contribution in [2.24, 2.45) is 0 Å². The molecule has 1 aliphatic heterocycles. The lowest BCUT2D eigenvalue weighted by Gasteiger charge is -2.32. The third kappa shape index (κ3) is 2.21. The van der Waals surface area contributed by atoms with Crippen LogP contribution in [0.15, 0.2) is 24.3 Å². The largest absolute Gasteiger partial charge is 0.517 e. The van der Waals surface area contributed by atoms with Crippen molar-refractivity contribution in [3.63, 3.8) is 0 Å². The second-order valence-corrected chi connectivity index (χ2v) is 8.03. The van der Waals surface area contributed by atoms with E-state index in [0.717, 1.165) is 16.5 Å². The Labute approximate surface area is 134 Å². The normalized spacial score (nSPS) is 21.4. The minimum Gasteiger partial charge on any atom is -0.398 e. The van der Waals surface area contributed by atoms with Gasteiger partial charge in [0.15, 0.2) is 0 Å². The van der Waals surface area contributed by atoms with Crippen LogP contribution in [-0.2, 0) is 9.31 Å². The Hall–Kier alpha value is -0.165. The zero-order chi connectivity index (χ0) is 14.5. The standard InChI is InChI=1S/C13H17BIN2O2P/c1-12(2)13(3,4)19-14(18-12)11-9-7-5-6-8-10(9)17(16-11)20-15/h5-8,20H,1-4H3. The van der Waals surface area contributed by atoms with Crippen LogP contribution >= 0.6 is 28.4 Å². The molecule has 1 aromatic heterocycles. The van der Waals surface area contributed by atoms with Crippen molar-refractivity contribution in [1.82, 2.24) is 9.55 Å². The summed E-state index contributed by atoms with van der Waals surface area (Å²) in [5, 5.41) is 5.80. The fraction of sp³-hybridized carbons (Fsp3) is 0.462. The van der Waals surface area contributed by atoms with Gasteiger partial charge >= 0.3 is 7.12 Å². The molecule has 3 rings (SSSR count). The third-order valence-corrected chi connectivity index (χ3v) is 6.04. The molecule has 2 heterocycles. The van der Waals surface area contributed by atoms with E-state index >= 15 is 0 Å². The number of fused-ring (bicyclic) bond motifs is 1. The maximum atomic E-state index is 6.12. The second kappa shape index (κ2) is 4.94. The Bertz CT molecular complexity index is 643. The van der Waals surface area contributed by atoms with Crippen LogP contribution in [0.3, 0.4) is 0 Å². The van der Waals surface area contributed by atoms with Crippen molar-refractivity contribution in [3.05, 3.63) is 24.3 Å². The van der Waals surface area contributed by atoms with Gasteiger partial charge in [-0.3, -0.25) is 0 Å². The van der Waals surface area contributed by atoms with Gasteiger partial charge in [-0.25, -0.2) is 4.45 Å². The predicted molar refractivity (Wildman–Crippen MR) is 93.2 cm³/mol. The molecule has 1 aromatic carbocycles. The van der Waals surface area contributed by atoms with E-state index in [-0.39, 0.29) is 11.2 Å². The molecule has 1 atom stereocenters. The van der Waals surface area contributed by atoms with Gasteiger partial charge in [0.1, 0.15) is 5.59 Å². The Kier molecular flexibility index (Phi) is 3.64. The van der Waals surface area contributed by atoms with Crippen LogP contribution in [0.4, 0.5) is 0 Å². The lowest BCUT2D eigenvalue weighted by Crippen LogP contribution is -2.41. The van der Waals surface area contributed by atoms with Crippen LogP contribution in [0.1, 0.15) is 27.7 Å². The van der Waals surface area contributed by atoms with E-state index in [1.807, 2.05) is 16.6 Å². The molecular formula is C13H17BIN2O2P. The summed E-state index contributed by atoms with van der Waals surface area (Å²) in [6.45, 7) is 8.25. The number of halogens is 1. The van der Waals surface area contributed by atoms with Crippen LogP contribution in [0.5, 0.6) is 0 Å². The maximum Gasteiger partial charge on any atom is 0.517 e. The Morgan fingerprint density at radius 3 is 2.35 bits per heavy atom. The first-order valence-corrected chi connectivity index (χ1v) is 10.6. The molecule has 0 spiro atoms. The predicted octanol–water partition coefficient (Wildman–Crippen LogP) is 3.13. The highest BCUT2D eigenvalue weighted by Crippen LogP contribution is 2.37. The first-order valence-electron chi connectivity index (χ1n) is 6.56. The zero-order valence-electron chi connectivity index (χ0n) is 12.0. The topological polar surface area (TPSA) is 36.3 Å². The molecular weight excluding hydrogens is 385 g/mol. The molecule has 0 amide bonds. The lowest BCUT2D eigenvalue weighted by molar-refractivity contribution is 0.00578. The van der Waals surface area contributed by atoms with Crippen LogP contribution in [0.2, 0.25) is 0 Å². The molecule has 0 radical (unpaired) electrons. The van der Waals surface area contributed by atoms with Gasteiger partial charge < -0.3 is 9.31 Å². The summed E-state index contributed by atoms with van der Waals surface area (Å²) in [7, 11) is -0.404. The minimum atomic E-state index is -0.404. The molecule has 0 bridgehead atoms. The highest BCUT2D eigenvalue weighted by molar-refractivity contribution is 14.2. The van der Waals surface area contributed by atoms with Crippen LogP contribution in [-0.4, -0.2) is 27.9 Å².